The zero-order valence-electron chi connectivity index (χ0n) is 13.8. The zero-order chi connectivity index (χ0) is 14.6. The molecule has 1 heterocycles. The summed E-state index contributed by atoms with van der Waals surface area (Å²) in [5.74, 6) is -0.00584. The molecular formula is C17H35ClN2O. The summed E-state index contributed by atoms with van der Waals surface area (Å²) in [7, 11) is 0. The van der Waals surface area contributed by atoms with Gasteiger partial charge >= 0.3 is 0 Å². The lowest BCUT2D eigenvalue weighted by atomic mass is 10.1. The lowest BCUT2D eigenvalue weighted by molar-refractivity contribution is -0.121. The summed E-state index contributed by atoms with van der Waals surface area (Å²) in [6, 6.07) is 0. The van der Waals surface area contributed by atoms with Gasteiger partial charge in [-0.3, -0.25) is 4.79 Å². The molecule has 2 N–H and O–H groups in total. The standard InChI is InChI=1S/C17H34N2O.ClH/c1-2-3-4-5-6-7-8-9-10-11-13-19-14-12-16(15-19)17(18)20;/h16H,2-15H2,1H3,(H2,18,20);1H. The van der Waals surface area contributed by atoms with Crippen LogP contribution in [0.15, 0.2) is 0 Å². The minimum atomic E-state index is -0.115. The smallest absolute Gasteiger partial charge is 0.221 e. The first kappa shape index (κ1) is 20.7. The molecule has 0 aromatic rings. The number of hydrogen-bond donors (Lipinski definition) is 1. The van der Waals surface area contributed by atoms with Gasteiger partial charge < -0.3 is 10.6 Å². The van der Waals surface area contributed by atoms with Crippen molar-refractivity contribution in [1.82, 2.24) is 4.90 Å². The Morgan fingerprint density at radius 2 is 1.52 bits per heavy atom. The van der Waals surface area contributed by atoms with Crippen LogP contribution in [0.3, 0.4) is 0 Å². The maximum absolute atomic E-state index is 11.1. The molecule has 0 aliphatic carbocycles. The third-order valence-electron chi connectivity index (χ3n) is 4.50. The fourth-order valence-corrected chi connectivity index (χ4v) is 3.09. The van der Waals surface area contributed by atoms with Crippen molar-refractivity contribution in [1.29, 1.82) is 0 Å². The number of amides is 1. The summed E-state index contributed by atoms with van der Waals surface area (Å²) >= 11 is 0. The van der Waals surface area contributed by atoms with Crippen LogP contribution < -0.4 is 5.73 Å². The predicted octanol–water partition coefficient (Wildman–Crippen LogP) is 4.14. The molecule has 1 fully saturated rings. The average molecular weight is 319 g/mol. The van der Waals surface area contributed by atoms with Gasteiger partial charge in [-0.25, -0.2) is 0 Å². The summed E-state index contributed by atoms with van der Waals surface area (Å²) in [4.78, 5) is 13.5. The summed E-state index contributed by atoms with van der Waals surface area (Å²) in [6.45, 7) is 5.38. The van der Waals surface area contributed by atoms with E-state index in [1.165, 1.54) is 64.2 Å². The van der Waals surface area contributed by atoms with Gasteiger partial charge in [-0.1, -0.05) is 64.7 Å². The third-order valence-corrected chi connectivity index (χ3v) is 4.50. The molecule has 1 aliphatic rings. The lowest BCUT2D eigenvalue weighted by Crippen LogP contribution is -2.27. The molecule has 3 nitrogen and oxygen atoms in total. The highest BCUT2D eigenvalue weighted by Gasteiger charge is 2.25. The van der Waals surface area contributed by atoms with E-state index >= 15 is 0 Å². The van der Waals surface area contributed by atoms with Crippen molar-refractivity contribution in [2.45, 2.75) is 77.6 Å². The predicted molar refractivity (Wildman–Crippen MR) is 92.8 cm³/mol. The zero-order valence-corrected chi connectivity index (χ0v) is 14.6. The van der Waals surface area contributed by atoms with E-state index in [-0.39, 0.29) is 24.2 Å². The van der Waals surface area contributed by atoms with Crippen LogP contribution in [-0.4, -0.2) is 30.4 Å². The second-order valence-electron chi connectivity index (χ2n) is 6.37. The van der Waals surface area contributed by atoms with Crippen LogP contribution in [0.1, 0.15) is 77.6 Å². The minimum absolute atomic E-state index is 0. The minimum Gasteiger partial charge on any atom is -0.369 e. The maximum atomic E-state index is 11.1. The van der Waals surface area contributed by atoms with E-state index in [0.717, 1.165) is 26.1 Å². The highest BCUT2D eigenvalue weighted by atomic mass is 35.5. The molecule has 126 valence electrons. The van der Waals surface area contributed by atoms with E-state index < -0.39 is 0 Å². The van der Waals surface area contributed by atoms with Crippen LogP contribution in [0.25, 0.3) is 0 Å². The van der Waals surface area contributed by atoms with Gasteiger partial charge in [-0.15, -0.1) is 12.4 Å². The Labute approximate surface area is 137 Å². The van der Waals surface area contributed by atoms with Gasteiger partial charge in [0.25, 0.3) is 0 Å². The highest BCUT2D eigenvalue weighted by molar-refractivity contribution is 5.85. The molecule has 21 heavy (non-hydrogen) atoms. The highest BCUT2D eigenvalue weighted by Crippen LogP contribution is 2.17. The number of likely N-dealkylation sites (tertiary alicyclic amines) is 1. The van der Waals surface area contributed by atoms with Gasteiger partial charge in [-0.2, -0.15) is 0 Å². The van der Waals surface area contributed by atoms with Crippen molar-refractivity contribution in [2.75, 3.05) is 19.6 Å². The van der Waals surface area contributed by atoms with E-state index in [1.807, 2.05) is 0 Å². The first-order valence-corrected chi connectivity index (χ1v) is 8.75. The molecule has 1 aliphatic heterocycles. The Morgan fingerprint density at radius 3 is 2.00 bits per heavy atom. The molecule has 1 saturated heterocycles. The van der Waals surface area contributed by atoms with E-state index in [0.29, 0.717) is 0 Å². The van der Waals surface area contributed by atoms with E-state index in [2.05, 4.69) is 11.8 Å². The second kappa shape index (κ2) is 13.4. The first-order chi connectivity index (χ1) is 9.74. The van der Waals surface area contributed by atoms with E-state index in [4.69, 9.17) is 5.73 Å². The van der Waals surface area contributed by atoms with Crippen molar-refractivity contribution in [2.24, 2.45) is 11.7 Å². The Bertz CT molecular complexity index is 261. The van der Waals surface area contributed by atoms with Crippen LogP contribution in [0.2, 0.25) is 0 Å². The van der Waals surface area contributed by atoms with Crippen molar-refractivity contribution < 1.29 is 4.79 Å². The monoisotopic (exact) mass is 318 g/mol. The van der Waals surface area contributed by atoms with Crippen LogP contribution >= 0.6 is 12.4 Å². The number of halogens is 1. The van der Waals surface area contributed by atoms with E-state index in [9.17, 15) is 4.79 Å². The SMILES string of the molecule is CCCCCCCCCCCCN1CCC(C(N)=O)C1.Cl. The van der Waals surface area contributed by atoms with Gasteiger partial charge in [0, 0.05) is 6.54 Å². The average Bonchev–Trinajstić information content (AvgIpc) is 2.90. The molecule has 0 spiro atoms. The van der Waals surface area contributed by atoms with Gasteiger partial charge in [0.05, 0.1) is 5.92 Å². The third kappa shape index (κ3) is 10.1. The molecule has 4 heteroatoms. The normalized spacial score (nSPS) is 18.6. The quantitative estimate of drug-likeness (QED) is 0.550. The van der Waals surface area contributed by atoms with Crippen molar-refractivity contribution in [3.8, 4) is 0 Å². The number of primary amides is 1. The van der Waals surface area contributed by atoms with Crippen molar-refractivity contribution in [3.05, 3.63) is 0 Å². The van der Waals surface area contributed by atoms with Gasteiger partial charge in [0.1, 0.15) is 0 Å². The molecule has 0 bridgehead atoms. The maximum Gasteiger partial charge on any atom is 0.221 e. The van der Waals surface area contributed by atoms with Crippen LogP contribution in [0, 0.1) is 5.92 Å². The Hall–Kier alpha value is -0.280. The summed E-state index contributed by atoms with van der Waals surface area (Å²) in [6.07, 6.45) is 14.8. The van der Waals surface area contributed by atoms with Gasteiger partial charge in [0.15, 0.2) is 0 Å². The molecule has 1 rings (SSSR count). The van der Waals surface area contributed by atoms with Crippen molar-refractivity contribution in [3.63, 3.8) is 0 Å². The largest absolute Gasteiger partial charge is 0.369 e. The number of rotatable bonds is 12. The Kier molecular flexibility index (Phi) is 13.2. The fourth-order valence-electron chi connectivity index (χ4n) is 3.09. The van der Waals surface area contributed by atoms with E-state index in [1.54, 1.807) is 0 Å². The summed E-state index contributed by atoms with van der Waals surface area (Å²) in [5, 5.41) is 0. The number of carbonyl (C=O) groups excluding carboxylic acids is 1. The molecule has 0 saturated carbocycles. The molecular weight excluding hydrogens is 284 g/mol. The Morgan fingerprint density at radius 1 is 1.00 bits per heavy atom. The molecule has 1 amide bonds. The van der Waals surface area contributed by atoms with Crippen LogP contribution in [0.4, 0.5) is 0 Å². The van der Waals surface area contributed by atoms with Crippen LogP contribution in [-0.2, 0) is 4.79 Å². The summed E-state index contributed by atoms with van der Waals surface area (Å²) < 4.78 is 0. The number of carbonyl (C=O) groups is 1. The van der Waals surface area contributed by atoms with Gasteiger partial charge in [0.2, 0.25) is 5.91 Å². The van der Waals surface area contributed by atoms with Crippen molar-refractivity contribution >= 4 is 18.3 Å². The van der Waals surface area contributed by atoms with Crippen LogP contribution in [0.5, 0.6) is 0 Å². The number of unbranched alkanes of at least 4 members (excludes halogenated alkanes) is 9. The number of nitrogens with two attached hydrogens (primary N) is 1. The first-order valence-electron chi connectivity index (χ1n) is 8.75. The number of nitrogens with zero attached hydrogens (tertiary/aromatic N) is 1. The molecule has 0 aromatic carbocycles. The topological polar surface area (TPSA) is 46.3 Å². The van der Waals surface area contributed by atoms with Gasteiger partial charge in [-0.05, 0) is 25.9 Å². The number of hydrogen-bond acceptors (Lipinski definition) is 2. The summed E-state index contributed by atoms with van der Waals surface area (Å²) in [5.41, 5.74) is 5.35. The molecule has 0 aromatic heterocycles. The fraction of sp³-hybridized carbons (Fsp3) is 0.941. The molecule has 1 atom stereocenters. The second-order valence-corrected chi connectivity index (χ2v) is 6.37. The molecule has 0 radical (unpaired) electrons. The lowest BCUT2D eigenvalue weighted by Gasteiger charge is -2.14. The molecule has 1 unspecified atom stereocenters. The Balaban J connectivity index is 0.00000400.